The first kappa shape index (κ1) is 17.8. The molecule has 2 bridgehead atoms. The Bertz CT molecular complexity index is 1000. The van der Waals surface area contributed by atoms with Crippen LogP contribution in [0.2, 0.25) is 0 Å². The molecular weight excluding hydrogens is 338 g/mol. The first-order valence-electron chi connectivity index (χ1n) is 9.82. The molecule has 142 valence electrons. The highest BCUT2D eigenvalue weighted by molar-refractivity contribution is 5.31. The van der Waals surface area contributed by atoms with Crippen LogP contribution in [0.25, 0.3) is 5.69 Å². The summed E-state index contributed by atoms with van der Waals surface area (Å²) in [6, 6.07) is 9.14. The van der Waals surface area contributed by atoms with E-state index < -0.39 is 0 Å². The van der Waals surface area contributed by atoms with Crippen molar-refractivity contribution < 1.29 is 0 Å². The van der Waals surface area contributed by atoms with Gasteiger partial charge in [0, 0.05) is 0 Å². The normalized spacial score (nSPS) is 23.9. The Balaban J connectivity index is 1.71. The van der Waals surface area contributed by atoms with Gasteiger partial charge in [0.2, 0.25) is 0 Å². The number of rotatable bonds is 5. The van der Waals surface area contributed by atoms with Crippen LogP contribution < -0.4 is 11.4 Å². The molecule has 2 aliphatic heterocycles. The van der Waals surface area contributed by atoms with E-state index in [1.54, 1.807) is 9.36 Å². The van der Waals surface area contributed by atoms with Crippen LogP contribution in [-0.4, -0.2) is 13.9 Å². The monoisotopic (exact) mass is 365 g/mol. The predicted molar refractivity (Wildman–Crippen MR) is 107 cm³/mol. The van der Waals surface area contributed by atoms with Crippen molar-refractivity contribution in [1.82, 2.24) is 13.9 Å². The quantitative estimate of drug-likeness (QED) is 0.756. The molecule has 5 heteroatoms. The van der Waals surface area contributed by atoms with Gasteiger partial charge in [0.1, 0.15) is 0 Å². The van der Waals surface area contributed by atoms with Crippen LogP contribution in [0.5, 0.6) is 0 Å². The van der Waals surface area contributed by atoms with E-state index in [0.29, 0.717) is 17.5 Å². The minimum atomic E-state index is -0.235. The summed E-state index contributed by atoms with van der Waals surface area (Å²) in [6.07, 6.45) is 9.60. The smallest absolute Gasteiger partial charge is 0.245 e. The summed E-state index contributed by atoms with van der Waals surface area (Å²) in [5.74, 6) is 0.878. The summed E-state index contributed by atoms with van der Waals surface area (Å²) in [5.41, 5.74) is 1.51. The van der Waals surface area contributed by atoms with Gasteiger partial charge in [-0.2, -0.15) is 0 Å². The Labute approximate surface area is 159 Å². The number of benzene rings is 1. The third kappa shape index (κ3) is 2.95. The minimum Gasteiger partial charge on any atom is -0.245 e. The number of fused-ring (bicyclic) bond motifs is 1. The van der Waals surface area contributed by atoms with Crippen molar-refractivity contribution in [3.8, 4) is 5.69 Å². The van der Waals surface area contributed by atoms with Gasteiger partial charge in [0.15, 0.2) is 0 Å². The summed E-state index contributed by atoms with van der Waals surface area (Å²) in [7, 11) is 0. The lowest BCUT2D eigenvalue weighted by Crippen LogP contribution is -2.45. The highest BCUT2D eigenvalue weighted by Crippen LogP contribution is 2.43. The highest BCUT2D eigenvalue weighted by Gasteiger charge is 2.41. The van der Waals surface area contributed by atoms with Gasteiger partial charge >= 0.3 is 11.4 Å². The SMILES string of the molecule is CC(C)=CCCC(C)C1CC2C=CC1n1c(=O)n(-c3ccccc3)c(=O)n12. The Kier molecular flexibility index (Phi) is 4.54. The topological polar surface area (TPSA) is 48.9 Å². The molecule has 3 heterocycles. The fourth-order valence-corrected chi connectivity index (χ4v) is 4.59. The zero-order valence-electron chi connectivity index (χ0n) is 16.2. The summed E-state index contributed by atoms with van der Waals surface area (Å²) >= 11 is 0. The lowest BCUT2D eigenvalue weighted by atomic mass is 9.75. The number of para-hydroxylation sites is 1. The first-order valence-corrected chi connectivity index (χ1v) is 9.82. The highest BCUT2D eigenvalue weighted by atomic mass is 16.2. The van der Waals surface area contributed by atoms with Gasteiger partial charge in [-0.15, -0.1) is 0 Å². The van der Waals surface area contributed by atoms with Gasteiger partial charge in [-0.05, 0) is 57.1 Å². The first-order chi connectivity index (χ1) is 13.0. The second-order valence-corrected chi connectivity index (χ2v) is 8.10. The maximum atomic E-state index is 13.2. The Morgan fingerprint density at radius 3 is 2.52 bits per heavy atom. The van der Waals surface area contributed by atoms with Crippen molar-refractivity contribution in [3.05, 3.63) is 75.1 Å². The van der Waals surface area contributed by atoms with Crippen LogP contribution >= 0.6 is 0 Å². The third-order valence-electron chi connectivity index (χ3n) is 6.01. The second kappa shape index (κ2) is 6.87. The molecule has 1 aliphatic carbocycles. The Morgan fingerprint density at radius 2 is 1.81 bits per heavy atom. The van der Waals surface area contributed by atoms with E-state index in [4.69, 9.17) is 0 Å². The van der Waals surface area contributed by atoms with Gasteiger partial charge in [-0.25, -0.2) is 23.5 Å². The number of aromatic nitrogens is 3. The van der Waals surface area contributed by atoms with Crippen molar-refractivity contribution in [3.63, 3.8) is 0 Å². The Morgan fingerprint density at radius 1 is 1.11 bits per heavy atom. The molecule has 1 aromatic heterocycles. The van der Waals surface area contributed by atoms with Gasteiger partial charge < -0.3 is 0 Å². The molecule has 0 amide bonds. The molecule has 27 heavy (non-hydrogen) atoms. The fourth-order valence-electron chi connectivity index (χ4n) is 4.59. The molecule has 4 unspecified atom stereocenters. The molecule has 4 atom stereocenters. The van der Waals surface area contributed by atoms with Crippen LogP contribution in [0.3, 0.4) is 0 Å². The molecule has 0 N–H and O–H groups in total. The van der Waals surface area contributed by atoms with E-state index >= 15 is 0 Å². The molecule has 3 aliphatic rings. The summed E-state index contributed by atoms with van der Waals surface area (Å²) < 4.78 is 4.67. The number of hydrogen-bond donors (Lipinski definition) is 0. The fraction of sp³-hybridized carbons (Fsp3) is 0.455. The number of nitrogens with zero attached hydrogens (tertiary/aromatic N) is 3. The van der Waals surface area contributed by atoms with Crippen LogP contribution in [0, 0.1) is 11.8 Å². The van der Waals surface area contributed by atoms with Crippen LogP contribution in [0.15, 0.2) is 63.7 Å². The van der Waals surface area contributed by atoms with E-state index in [1.165, 1.54) is 10.1 Å². The molecule has 2 aromatic rings. The molecule has 5 nitrogen and oxygen atoms in total. The van der Waals surface area contributed by atoms with Crippen LogP contribution in [-0.2, 0) is 0 Å². The lowest BCUT2D eigenvalue weighted by Gasteiger charge is -2.42. The van der Waals surface area contributed by atoms with Gasteiger partial charge in [-0.3, -0.25) is 0 Å². The maximum Gasteiger partial charge on any atom is 0.352 e. The summed E-state index contributed by atoms with van der Waals surface area (Å²) in [6.45, 7) is 6.53. The molecule has 5 rings (SSSR count). The largest absolute Gasteiger partial charge is 0.352 e. The van der Waals surface area contributed by atoms with E-state index in [-0.39, 0.29) is 23.5 Å². The molecule has 0 saturated carbocycles. The summed E-state index contributed by atoms with van der Waals surface area (Å²) in [4.78, 5) is 26.2. The molecule has 0 radical (unpaired) electrons. The van der Waals surface area contributed by atoms with Crippen molar-refractivity contribution >= 4 is 0 Å². The van der Waals surface area contributed by atoms with E-state index in [1.807, 2.05) is 30.3 Å². The third-order valence-corrected chi connectivity index (χ3v) is 6.01. The molecule has 0 spiro atoms. The van der Waals surface area contributed by atoms with E-state index in [2.05, 4.69) is 39.0 Å². The van der Waals surface area contributed by atoms with Crippen molar-refractivity contribution in [1.29, 1.82) is 0 Å². The Hall–Kier alpha value is -2.56. The van der Waals surface area contributed by atoms with Crippen LogP contribution in [0.4, 0.5) is 0 Å². The van der Waals surface area contributed by atoms with Crippen molar-refractivity contribution in [2.45, 2.75) is 52.1 Å². The van der Waals surface area contributed by atoms with Gasteiger partial charge in [-0.1, -0.05) is 48.9 Å². The molecule has 1 aromatic carbocycles. The van der Waals surface area contributed by atoms with Crippen molar-refractivity contribution in [2.24, 2.45) is 11.8 Å². The van der Waals surface area contributed by atoms with Crippen molar-refractivity contribution in [2.75, 3.05) is 0 Å². The molecule has 0 saturated heterocycles. The predicted octanol–water partition coefficient (Wildman–Crippen LogP) is 3.86. The molecular formula is C22H27N3O2. The van der Waals surface area contributed by atoms with E-state index in [9.17, 15) is 9.59 Å². The molecule has 0 fully saturated rings. The van der Waals surface area contributed by atoms with Gasteiger partial charge in [0.25, 0.3) is 0 Å². The zero-order chi connectivity index (χ0) is 19.1. The second-order valence-electron chi connectivity index (χ2n) is 8.10. The zero-order valence-corrected chi connectivity index (χ0v) is 16.2. The standard InChI is InChI=1S/C22H27N3O2/c1-15(2)8-7-9-16(3)19-14-18-12-13-20(19)25-22(27)23(21(26)24(18)25)17-10-5-4-6-11-17/h4-6,8,10-13,16,18-20H,7,9,14H2,1-3H3. The summed E-state index contributed by atoms with van der Waals surface area (Å²) in [5, 5.41) is 0. The average Bonchev–Trinajstić information content (AvgIpc) is 2.95. The number of hydrogen-bond acceptors (Lipinski definition) is 2. The number of allylic oxidation sites excluding steroid dienone is 4. The average molecular weight is 365 g/mol. The van der Waals surface area contributed by atoms with Gasteiger partial charge in [0.05, 0.1) is 17.8 Å². The minimum absolute atomic E-state index is 0.0314. The maximum absolute atomic E-state index is 13.2. The van der Waals surface area contributed by atoms with E-state index in [0.717, 1.165) is 19.3 Å². The lowest BCUT2D eigenvalue weighted by molar-refractivity contribution is 0.128. The van der Waals surface area contributed by atoms with Crippen LogP contribution in [0.1, 0.15) is 52.1 Å².